The van der Waals surface area contributed by atoms with Crippen molar-refractivity contribution in [3.63, 3.8) is 0 Å². The van der Waals surface area contributed by atoms with Crippen molar-refractivity contribution in [1.29, 1.82) is 0 Å². The van der Waals surface area contributed by atoms with Crippen molar-refractivity contribution in [2.45, 2.75) is 43.7 Å². The summed E-state index contributed by atoms with van der Waals surface area (Å²) >= 11 is 0. The third kappa shape index (κ3) is 3.41. The molecule has 0 aliphatic heterocycles. The second-order valence-corrected chi connectivity index (χ2v) is 7.23. The Hall–Kier alpha value is -1.05. The Morgan fingerprint density at radius 3 is 2.57 bits per heavy atom. The molecule has 4 nitrogen and oxygen atoms in total. The first-order chi connectivity index (χ1) is 9.89. The Balaban J connectivity index is 2.34. The molecule has 1 saturated carbocycles. The Kier molecular flexibility index (Phi) is 4.95. The maximum Gasteiger partial charge on any atom is 0.245 e. The van der Waals surface area contributed by atoms with Crippen molar-refractivity contribution in [2.24, 2.45) is 0 Å². The molecule has 0 bridgehead atoms. The van der Waals surface area contributed by atoms with Gasteiger partial charge < -0.3 is 5.32 Å². The summed E-state index contributed by atoms with van der Waals surface area (Å²) in [6.07, 6.45) is 2.39. The number of halogens is 2. The molecule has 118 valence electrons. The number of rotatable bonds is 7. The standard InChI is InChI=1S/C14H20F2N2O2S/c1-3-8-17-9-11-12(15)6-7-13(14(11)16)21(19,20)18(2)10-4-5-10/h6-7,10,17H,3-5,8-9H2,1-2H3. The third-order valence-corrected chi connectivity index (χ3v) is 5.52. The first kappa shape index (κ1) is 16.3. The van der Waals surface area contributed by atoms with Gasteiger partial charge in [-0.15, -0.1) is 0 Å². The topological polar surface area (TPSA) is 49.4 Å². The normalized spacial score (nSPS) is 15.7. The van der Waals surface area contributed by atoms with Crippen LogP contribution in [0.1, 0.15) is 31.7 Å². The van der Waals surface area contributed by atoms with Crippen molar-refractivity contribution >= 4 is 10.0 Å². The van der Waals surface area contributed by atoms with Crippen molar-refractivity contribution in [3.05, 3.63) is 29.3 Å². The fourth-order valence-corrected chi connectivity index (χ4v) is 3.62. The van der Waals surface area contributed by atoms with Gasteiger partial charge in [0.2, 0.25) is 10.0 Å². The van der Waals surface area contributed by atoms with Gasteiger partial charge >= 0.3 is 0 Å². The summed E-state index contributed by atoms with van der Waals surface area (Å²) in [5.41, 5.74) is -0.228. The molecule has 0 saturated heterocycles. The van der Waals surface area contributed by atoms with Crippen molar-refractivity contribution in [2.75, 3.05) is 13.6 Å². The van der Waals surface area contributed by atoms with Gasteiger partial charge in [-0.05, 0) is 37.9 Å². The van der Waals surface area contributed by atoms with Gasteiger partial charge in [-0.2, -0.15) is 4.31 Å². The second-order valence-electron chi connectivity index (χ2n) is 5.27. The van der Waals surface area contributed by atoms with Crippen LogP contribution in [0, 0.1) is 11.6 Å². The molecule has 0 unspecified atom stereocenters. The molecular weight excluding hydrogens is 298 g/mol. The van der Waals surface area contributed by atoms with E-state index in [4.69, 9.17) is 0 Å². The van der Waals surface area contributed by atoms with E-state index in [1.807, 2.05) is 6.92 Å². The van der Waals surface area contributed by atoms with E-state index in [9.17, 15) is 17.2 Å². The minimum absolute atomic E-state index is 0.0258. The Bertz CT molecular complexity index is 616. The molecule has 0 radical (unpaired) electrons. The quantitative estimate of drug-likeness (QED) is 0.785. The fourth-order valence-electron chi connectivity index (χ4n) is 2.12. The Morgan fingerprint density at radius 1 is 1.33 bits per heavy atom. The van der Waals surface area contributed by atoms with Gasteiger partial charge in [-0.25, -0.2) is 17.2 Å². The summed E-state index contributed by atoms with van der Waals surface area (Å²) in [7, 11) is -2.48. The van der Waals surface area contributed by atoms with Crippen LogP contribution >= 0.6 is 0 Å². The molecule has 7 heteroatoms. The largest absolute Gasteiger partial charge is 0.312 e. The summed E-state index contributed by atoms with van der Waals surface area (Å²) < 4.78 is 54.1. The van der Waals surface area contributed by atoms with Gasteiger partial charge in [0.15, 0.2) is 5.82 Å². The average molecular weight is 318 g/mol. The molecule has 1 aromatic carbocycles. The van der Waals surface area contributed by atoms with Crippen molar-refractivity contribution in [3.8, 4) is 0 Å². The van der Waals surface area contributed by atoms with Gasteiger partial charge in [-0.1, -0.05) is 6.92 Å². The molecule has 1 aliphatic rings. The zero-order chi connectivity index (χ0) is 15.6. The first-order valence-electron chi connectivity index (χ1n) is 7.05. The molecule has 1 aromatic rings. The molecular formula is C14H20F2N2O2S. The van der Waals surface area contributed by atoms with Crippen LogP contribution in [0.4, 0.5) is 8.78 Å². The zero-order valence-corrected chi connectivity index (χ0v) is 13.0. The molecule has 2 rings (SSSR count). The van der Waals surface area contributed by atoms with E-state index in [1.165, 1.54) is 11.4 Å². The van der Waals surface area contributed by atoms with Gasteiger partial charge in [0.05, 0.1) is 0 Å². The molecule has 21 heavy (non-hydrogen) atoms. The molecule has 1 N–H and O–H groups in total. The number of sulfonamides is 1. The van der Waals surface area contributed by atoms with E-state index in [2.05, 4.69) is 5.32 Å². The summed E-state index contributed by atoms with van der Waals surface area (Å²) in [5, 5.41) is 2.89. The van der Waals surface area contributed by atoms with Crippen LogP contribution < -0.4 is 5.32 Å². The Morgan fingerprint density at radius 2 is 2.00 bits per heavy atom. The van der Waals surface area contributed by atoms with Crippen molar-refractivity contribution < 1.29 is 17.2 Å². The average Bonchev–Trinajstić information content (AvgIpc) is 3.25. The number of nitrogens with zero attached hydrogens (tertiary/aromatic N) is 1. The summed E-state index contributed by atoms with van der Waals surface area (Å²) in [6.45, 7) is 2.52. The van der Waals surface area contributed by atoms with Gasteiger partial charge in [0.25, 0.3) is 0 Å². The van der Waals surface area contributed by atoms with Crippen LogP contribution in [0.5, 0.6) is 0 Å². The maximum atomic E-state index is 14.4. The van der Waals surface area contributed by atoms with E-state index in [0.29, 0.717) is 6.54 Å². The van der Waals surface area contributed by atoms with Crippen molar-refractivity contribution in [1.82, 2.24) is 9.62 Å². The van der Waals surface area contributed by atoms with E-state index < -0.39 is 26.6 Å². The van der Waals surface area contributed by atoms with Gasteiger partial charge in [0.1, 0.15) is 10.7 Å². The molecule has 0 atom stereocenters. The van der Waals surface area contributed by atoms with Crippen LogP contribution in [-0.2, 0) is 16.6 Å². The minimum Gasteiger partial charge on any atom is -0.312 e. The number of hydrogen-bond donors (Lipinski definition) is 1. The molecule has 0 amide bonds. The van der Waals surface area contributed by atoms with Crippen LogP contribution in [0.25, 0.3) is 0 Å². The summed E-state index contributed by atoms with van der Waals surface area (Å²) in [4.78, 5) is -0.452. The summed E-state index contributed by atoms with van der Waals surface area (Å²) in [5.74, 6) is -1.73. The highest BCUT2D eigenvalue weighted by molar-refractivity contribution is 7.89. The number of hydrogen-bond acceptors (Lipinski definition) is 3. The molecule has 0 aromatic heterocycles. The molecule has 1 fully saturated rings. The third-order valence-electron chi connectivity index (χ3n) is 3.60. The van der Waals surface area contributed by atoms with Gasteiger partial charge in [-0.3, -0.25) is 0 Å². The fraction of sp³-hybridized carbons (Fsp3) is 0.571. The van der Waals surface area contributed by atoms with Crippen LogP contribution in [0.2, 0.25) is 0 Å². The monoisotopic (exact) mass is 318 g/mol. The second kappa shape index (κ2) is 6.37. The van der Waals surface area contributed by atoms with E-state index in [1.54, 1.807) is 0 Å². The number of benzene rings is 1. The Labute approximate surface area is 124 Å². The predicted octanol–water partition coefficient (Wildman–Crippen LogP) is 2.25. The van der Waals surface area contributed by atoms with Gasteiger partial charge in [0, 0.05) is 25.2 Å². The lowest BCUT2D eigenvalue weighted by atomic mass is 10.2. The minimum atomic E-state index is -3.91. The predicted molar refractivity (Wildman–Crippen MR) is 76.3 cm³/mol. The molecule has 1 aliphatic carbocycles. The zero-order valence-electron chi connectivity index (χ0n) is 12.2. The van der Waals surface area contributed by atoms with Crippen LogP contribution in [-0.4, -0.2) is 32.4 Å². The lowest BCUT2D eigenvalue weighted by Gasteiger charge is -2.18. The highest BCUT2D eigenvalue weighted by atomic mass is 32.2. The molecule has 0 heterocycles. The van der Waals surface area contributed by atoms with E-state index in [0.717, 1.165) is 31.4 Å². The summed E-state index contributed by atoms with van der Waals surface area (Å²) in [6, 6.07) is 1.95. The van der Waals surface area contributed by atoms with Crippen LogP contribution in [0.15, 0.2) is 17.0 Å². The molecule has 0 spiro atoms. The maximum absolute atomic E-state index is 14.4. The van der Waals surface area contributed by atoms with Crippen LogP contribution in [0.3, 0.4) is 0 Å². The lowest BCUT2D eigenvalue weighted by Crippen LogP contribution is -2.30. The number of nitrogens with one attached hydrogen (secondary N) is 1. The van der Waals surface area contributed by atoms with E-state index in [-0.39, 0.29) is 18.2 Å². The smallest absolute Gasteiger partial charge is 0.245 e. The van der Waals surface area contributed by atoms with E-state index >= 15 is 0 Å². The lowest BCUT2D eigenvalue weighted by molar-refractivity contribution is 0.453. The highest BCUT2D eigenvalue weighted by Gasteiger charge is 2.37. The first-order valence-corrected chi connectivity index (χ1v) is 8.49. The SMILES string of the molecule is CCCNCc1c(F)ccc(S(=O)(=O)N(C)C2CC2)c1F. The highest BCUT2D eigenvalue weighted by Crippen LogP contribution is 2.32.